The van der Waals surface area contributed by atoms with Gasteiger partial charge in [0.1, 0.15) is 0 Å². The third-order valence-electron chi connectivity index (χ3n) is 3.92. The van der Waals surface area contributed by atoms with Crippen molar-refractivity contribution in [2.75, 3.05) is 11.9 Å². The molecule has 0 spiro atoms. The molecule has 1 atom stereocenters. The SMILES string of the molecule is c1ccc(CC(CNc2ccccc2)c2ccccc2)cc1. The molecule has 1 heteroatoms. The van der Waals surface area contributed by atoms with Crippen LogP contribution in [0.15, 0.2) is 91.0 Å². The van der Waals surface area contributed by atoms with Crippen molar-refractivity contribution in [2.45, 2.75) is 12.3 Å². The van der Waals surface area contributed by atoms with Crippen LogP contribution in [0.4, 0.5) is 5.69 Å². The van der Waals surface area contributed by atoms with Gasteiger partial charge in [-0.3, -0.25) is 0 Å². The van der Waals surface area contributed by atoms with E-state index in [1.165, 1.54) is 16.8 Å². The molecular weight excluding hydrogens is 266 g/mol. The van der Waals surface area contributed by atoms with Gasteiger partial charge in [0.15, 0.2) is 0 Å². The van der Waals surface area contributed by atoms with E-state index in [9.17, 15) is 0 Å². The number of hydrogen-bond acceptors (Lipinski definition) is 1. The number of para-hydroxylation sites is 1. The predicted octanol–water partition coefficient (Wildman–Crippen LogP) is 5.13. The Bertz CT molecular complexity index is 662. The molecule has 0 saturated carbocycles. The third kappa shape index (κ3) is 3.98. The van der Waals surface area contributed by atoms with Crippen LogP contribution in [0.1, 0.15) is 17.0 Å². The molecule has 3 rings (SSSR count). The lowest BCUT2D eigenvalue weighted by Gasteiger charge is -2.19. The molecule has 110 valence electrons. The molecule has 0 aliphatic heterocycles. The van der Waals surface area contributed by atoms with Crippen molar-refractivity contribution in [2.24, 2.45) is 0 Å². The van der Waals surface area contributed by atoms with Crippen LogP contribution in [-0.2, 0) is 6.42 Å². The fourth-order valence-corrected chi connectivity index (χ4v) is 2.73. The highest BCUT2D eigenvalue weighted by molar-refractivity contribution is 5.43. The first kappa shape index (κ1) is 14.4. The van der Waals surface area contributed by atoms with Gasteiger partial charge in [0.05, 0.1) is 0 Å². The van der Waals surface area contributed by atoms with Gasteiger partial charge in [-0.15, -0.1) is 0 Å². The molecule has 0 radical (unpaired) electrons. The summed E-state index contributed by atoms with van der Waals surface area (Å²) in [7, 11) is 0. The van der Waals surface area contributed by atoms with Crippen molar-refractivity contribution >= 4 is 5.69 Å². The summed E-state index contributed by atoms with van der Waals surface area (Å²) in [5.41, 5.74) is 3.94. The van der Waals surface area contributed by atoms with Crippen molar-refractivity contribution in [3.63, 3.8) is 0 Å². The second-order valence-corrected chi connectivity index (χ2v) is 5.54. The first-order chi connectivity index (χ1) is 10.9. The Morgan fingerprint density at radius 3 is 1.82 bits per heavy atom. The highest BCUT2D eigenvalue weighted by atomic mass is 14.9. The first-order valence-corrected chi connectivity index (χ1v) is 7.79. The van der Waals surface area contributed by atoms with Crippen LogP contribution in [-0.4, -0.2) is 6.54 Å². The van der Waals surface area contributed by atoms with Crippen molar-refractivity contribution in [1.29, 1.82) is 0 Å². The Kier molecular flexibility index (Phi) is 4.88. The Labute approximate surface area is 132 Å². The van der Waals surface area contributed by atoms with E-state index in [0.717, 1.165) is 13.0 Å². The number of anilines is 1. The molecule has 0 saturated heterocycles. The van der Waals surface area contributed by atoms with E-state index < -0.39 is 0 Å². The molecule has 0 aliphatic rings. The van der Waals surface area contributed by atoms with Crippen LogP contribution in [0.5, 0.6) is 0 Å². The van der Waals surface area contributed by atoms with E-state index in [2.05, 4.69) is 90.2 Å². The van der Waals surface area contributed by atoms with Gasteiger partial charge in [-0.1, -0.05) is 78.9 Å². The molecule has 0 bridgehead atoms. The Morgan fingerprint density at radius 2 is 1.18 bits per heavy atom. The number of nitrogens with one attached hydrogen (secondary N) is 1. The van der Waals surface area contributed by atoms with Gasteiger partial charge < -0.3 is 5.32 Å². The van der Waals surface area contributed by atoms with Gasteiger partial charge >= 0.3 is 0 Å². The molecule has 3 aromatic rings. The minimum atomic E-state index is 0.462. The minimum absolute atomic E-state index is 0.462. The van der Waals surface area contributed by atoms with E-state index in [0.29, 0.717) is 5.92 Å². The smallest absolute Gasteiger partial charge is 0.0340 e. The molecule has 1 nitrogen and oxygen atoms in total. The molecule has 0 heterocycles. The van der Waals surface area contributed by atoms with Crippen molar-refractivity contribution in [1.82, 2.24) is 0 Å². The minimum Gasteiger partial charge on any atom is -0.384 e. The van der Waals surface area contributed by atoms with E-state index in [4.69, 9.17) is 0 Å². The summed E-state index contributed by atoms with van der Waals surface area (Å²) in [5, 5.41) is 3.56. The Balaban J connectivity index is 1.74. The van der Waals surface area contributed by atoms with Gasteiger partial charge in [-0.05, 0) is 29.7 Å². The molecule has 0 fully saturated rings. The van der Waals surface area contributed by atoms with E-state index in [1.807, 2.05) is 6.07 Å². The molecule has 1 unspecified atom stereocenters. The standard InChI is InChI=1S/C21H21N/c1-4-10-18(11-5-1)16-20(19-12-6-2-7-13-19)17-22-21-14-8-3-9-15-21/h1-15,20,22H,16-17H2. The van der Waals surface area contributed by atoms with E-state index >= 15 is 0 Å². The fourth-order valence-electron chi connectivity index (χ4n) is 2.73. The average Bonchev–Trinajstić information content (AvgIpc) is 2.61. The van der Waals surface area contributed by atoms with Crippen molar-refractivity contribution in [3.05, 3.63) is 102 Å². The van der Waals surface area contributed by atoms with Gasteiger partial charge in [-0.25, -0.2) is 0 Å². The topological polar surface area (TPSA) is 12.0 Å². The lowest BCUT2D eigenvalue weighted by atomic mass is 9.92. The molecule has 0 aliphatic carbocycles. The highest BCUT2D eigenvalue weighted by Gasteiger charge is 2.12. The molecule has 22 heavy (non-hydrogen) atoms. The largest absolute Gasteiger partial charge is 0.384 e. The van der Waals surface area contributed by atoms with Gasteiger partial charge in [0.2, 0.25) is 0 Å². The summed E-state index contributed by atoms with van der Waals surface area (Å²) >= 11 is 0. The highest BCUT2D eigenvalue weighted by Crippen LogP contribution is 2.21. The van der Waals surface area contributed by atoms with Gasteiger partial charge in [-0.2, -0.15) is 0 Å². The van der Waals surface area contributed by atoms with Crippen LogP contribution in [0, 0.1) is 0 Å². The van der Waals surface area contributed by atoms with Gasteiger partial charge in [0.25, 0.3) is 0 Å². The molecule has 1 N–H and O–H groups in total. The third-order valence-corrected chi connectivity index (χ3v) is 3.92. The number of rotatable bonds is 6. The zero-order chi connectivity index (χ0) is 15.0. The summed E-state index contributed by atoms with van der Waals surface area (Å²) < 4.78 is 0. The molecule has 3 aromatic carbocycles. The molecular formula is C21H21N. The van der Waals surface area contributed by atoms with Gasteiger partial charge in [0, 0.05) is 18.2 Å². The maximum absolute atomic E-state index is 3.56. The normalized spacial score (nSPS) is 11.8. The Hall–Kier alpha value is -2.54. The lowest BCUT2D eigenvalue weighted by molar-refractivity contribution is 0.717. The van der Waals surface area contributed by atoms with Crippen LogP contribution in [0.3, 0.4) is 0 Å². The predicted molar refractivity (Wildman–Crippen MR) is 94.3 cm³/mol. The monoisotopic (exact) mass is 287 g/mol. The Morgan fingerprint density at radius 1 is 0.636 bits per heavy atom. The summed E-state index contributed by atoms with van der Waals surface area (Å²) in [4.78, 5) is 0. The lowest BCUT2D eigenvalue weighted by Crippen LogP contribution is -2.15. The van der Waals surface area contributed by atoms with Crippen molar-refractivity contribution in [3.8, 4) is 0 Å². The second kappa shape index (κ2) is 7.46. The van der Waals surface area contributed by atoms with Crippen molar-refractivity contribution < 1.29 is 0 Å². The summed E-state index contributed by atoms with van der Waals surface area (Å²) in [6, 6.07) is 31.9. The maximum atomic E-state index is 3.56. The molecule has 0 aromatic heterocycles. The van der Waals surface area contributed by atoms with E-state index in [1.54, 1.807) is 0 Å². The second-order valence-electron chi connectivity index (χ2n) is 5.54. The van der Waals surface area contributed by atoms with Crippen LogP contribution < -0.4 is 5.32 Å². The van der Waals surface area contributed by atoms with Crippen LogP contribution in [0.25, 0.3) is 0 Å². The number of hydrogen-bond donors (Lipinski definition) is 1. The van der Waals surface area contributed by atoms with Crippen LogP contribution >= 0.6 is 0 Å². The number of benzene rings is 3. The quantitative estimate of drug-likeness (QED) is 0.663. The first-order valence-electron chi connectivity index (χ1n) is 7.79. The zero-order valence-electron chi connectivity index (χ0n) is 12.7. The average molecular weight is 287 g/mol. The maximum Gasteiger partial charge on any atom is 0.0340 e. The zero-order valence-corrected chi connectivity index (χ0v) is 12.7. The summed E-state index contributed by atoms with van der Waals surface area (Å²) in [5.74, 6) is 0.462. The van der Waals surface area contributed by atoms with Crippen LogP contribution in [0.2, 0.25) is 0 Å². The van der Waals surface area contributed by atoms with E-state index in [-0.39, 0.29) is 0 Å². The summed E-state index contributed by atoms with van der Waals surface area (Å²) in [6.45, 7) is 0.933. The fraction of sp³-hybridized carbons (Fsp3) is 0.143. The summed E-state index contributed by atoms with van der Waals surface area (Å²) in [6.07, 6.45) is 1.05. The molecule has 0 amide bonds.